The summed E-state index contributed by atoms with van der Waals surface area (Å²) in [4.78, 5) is 9.55. The van der Waals surface area contributed by atoms with E-state index < -0.39 is 0 Å². The van der Waals surface area contributed by atoms with Gasteiger partial charge in [0.25, 0.3) is 0 Å². The number of aryl methyl sites for hydroxylation is 3. The number of nitrogens with zero attached hydrogens (tertiary/aromatic N) is 5. The van der Waals surface area contributed by atoms with Gasteiger partial charge in [-0.1, -0.05) is 26.8 Å². The molecule has 184 valence electrons. The van der Waals surface area contributed by atoms with Gasteiger partial charge < -0.3 is 4.74 Å². The first-order chi connectivity index (χ1) is 17.0. The number of aromatic nitrogens is 5. The lowest BCUT2D eigenvalue weighted by atomic mass is 9.87. The van der Waals surface area contributed by atoms with E-state index in [0.717, 1.165) is 45.6 Å². The third-order valence-electron chi connectivity index (χ3n) is 7.08. The van der Waals surface area contributed by atoms with Crippen LogP contribution in [0.15, 0.2) is 61.1 Å². The second kappa shape index (κ2) is 8.63. The largest absolute Gasteiger partial charge is 0.457 e. The molecule has 0 aliphatic heterocycles. The van der Waals surface area contributed by atoms with Crippen molar-refractivity contribution >= 4 is 5.65 Å². The molecule has 36 heavy (non-hydrogen) atoms. The zero-order chi connectivity index (χ0) is 25.8. The summed E-state index contributed by atoms with van der Waals surface area (Å²) in [5.41, 5.74) is 9.55. The third kappa shape index (κ3) is 4.17. The molecule has 6 heteroatoms. The molecule has 0 saturated heterocycles. The van der Waals surface area contributed by atoms with Gasteiger partial charge in [0, 0.05) is 43.9 Å². The molecular weight excluding hydrogens is 446 g/mol. The lowest BCUT2D eigenvalue weighted by Crippen LogP contribution is -2.28. The second-order valence-corrected chi connectivity index (χ2v) is 10.6. The maximum atomic E-state index is 6.43. The van der Waals surface area contributed by atoms with Crippen molar-refractivity contribution in [2.45, 2.75) is 53.9 Å². The molecular formula is C30H34N5O+. The van der Waals surface area contributed by atoms with Gasteiger partial charge in [-0.25, -0.2) is 9.55 Å². The average molecular weight is 481 g/mol. The quantitative estimate of drug-likeness (QED) is 0.282. The molecule has 0 N–H and O–H groups in total. The number of pyridine rings is 2. The van der Waals surface area contributed by atoms with Crippen LogP contribution in [0.5, 0.6) is 11.5 Å². The predicted octanol–water partition coefficient (Wildman–Crippen LogP) is 6.33. The molecule has 0 fully saturated rings. The van der Waals surface area contributed by atoms with Crippen LogP contribution in [0.4, 0.5) is 0 Å². The van der Waals surface area contributed by atoms with Gasteiger partial charge >= 0.3 is 0 Å². The lowest BCUT2D eigenvalue weighted by molar-refractivity contribution is -0.676. The highest BCUT2D eigenvalue weighted by atomic mass is 16.5. The molecule has 0 saturated carbocycles. The highest BCUT2D eigenvalue weighted by molar-refractivity contribution is 5.66. The SMILES string of the molecule is Cc1nc2cc(Oc3cccc(-n4c[n+](C)c(C)c4C)c3)cc(-c3cc(C(C)(C)C)ccn3)n2c1C. The standard InChI is InChI=1S/C30H34N5O/c1-19-20(2)35-28(27-14-23(12-13-31-27)30(5,6)7)16-26(17-29(35)32-19)36-25-11-9-10-24(15-25)34-18-33(8)21(3)22(34)4/h9-18H,1-8H3/q+1. The Morgan fingerprint density at radius 1 is 0.889 bits per heavy atom. The molecule has 0 atom stereocenters. The molecule has 0 aliphatic rings. The first-order valence-corrected chi connectivity index (χ1v) is 12.3. The number of rotatable bonds is 4. The minimum absolute atomic E-state index is 0.0246. The van der Waals surface area contributed by atoms with Crippen LogP contribution in [0.2, 0.25) is 0 Å². The molecule has 0 bridgehead atoms. The first kappa shape index (κ1) is 23.8. The van der Waals surface area contributed by atoms with E-state index in [1.165, 1.54) is 17.0 Å². The van der Waals surface area contributed by atoms with Crippen LogP contribution in [-0.4, -0.2) is 18.9 Å². The van der Waals surface area contributed by atoms with Crippen molar-refractivity contribution in [3.05, 3.63) is 89.4 Å². The first-order valence-electron chi connectivity index (χ1n) is 12.3. The monoisotopic (exact) mass is 480 g/mol. The maximum Gasteiger partial charge on any atom is 0.249 e. The fourth-order valence-electron chi connectivity index (χ4n) is 4.56. The zero-order valence-electron chi connectivity index (χ0n) is 22.4. The molecule has 0 radical (unpaired) electrons. The van der Waals surface area contributed by atoms with E-state index in [0.29, 0.717) is 0 Å². The number of hydrogen-bond donors (Lipinski definition) is 0. The number of benzene rings is 1. The van der Waals surface area contributed by atoms with E-state index >= 15 is 0 Å². The molecule has 0 amide bonds. The van der Waals surface area contributed by atoms with E-state index in [9.17, 15) is 0 Å². The minimum Gasteiger partial charge on any atom is -0.457 e. The topological polar surface area (TPSA) is 48.2 Å². The summed E-state index contributed by atoms with van der Waals surface area (Å²) >= 11 is 0. The number of fused-ring (bicyclic) bond motifs is 1. The summed E-state index contributed by atoms with van der Waals surface area (Å²) in [5.74, 6) is 1.50. The van der Waals surface area contributed by atoms with E-state index in [1.807, 2.05) is 31.3 Å². The van der Waals surface area contributed by atoms with Gasteiger partial charge in [-0.05, 0) is 49.1 Å². The molecule has 4 aromatic heterocycles. The van der Waals surface area contributed by atoms with Crippen molar-refractivity contribution < 1.29 is 9.30 Å². The summed E-state index contributed by atoms with van der Waals surface area (Å²) in [6, 6.07) is 16.5. The van der Waals surface area contributed by atoms with Gasteiger partial charge in [0.2, 0.25) is 6.33 Å². The van der Waals surface area contributed by atoms with Gasteiger partial charge in [-0.3, -0.25) is 9.38 Å². The maximum absolute atomic E-state index is 6.43. The Kier molecular flexibility index (Phi) is 5.70. The van der Waals surface area contributed by atoms with Crippen LogP contribution in [0.1, 0.15) is 49.1 Å². The summed E-state index contributed by atoms with van der Waals surface area (Å²) in [7, 11) is 2.06. The van der Waals surface area contributed by atoms with Crippen LogP contribution in [0.3, 0.4) is 0 Å². The van der Waals surface area contributed by atoms with Gasteiger partial charge in [0.05, 0.1) is 24.1 Å². The summed E-state index contributed by atoms with van der Waals surface area (Å²) in [6.45, 7) is 15.0. The molecule has 5 aromatic rings. The molecule has 0 unspecified atom stereocenters. The molecule has 1 aromatic carbocycles. The zero-order valence-corrected chi connectivity index (χ0v) is 22.4. The molecule has 5 rings (SSSR count). The summed E-state index contributed by atoms with van der Waals surface area (Å²) in [5, 5.41) is 0. The molecule has 6 nitrogen and oxygen atoms in total. The van der Waals surface area contributed by atoms with Gasteiger partial charge in [0.15, 0.2) is 0 Å². The Labute approximate surface area is 212 Å². The Morgan fingerprint density at radius 2 is 1.67 bits per heavy atom. The molecule has 0 spiro atoms. The summed E-state index contributed by atoms with van der Waals surface area (Å²) < 4.78 is 12.9. The number of hydrogen-bond acceptors (Lipinski definition) is 3. The van der Waals surface area contributed by atoms with Crippen molar-refractivity contribution in [3.63, 3.8) is 0 Å². The van der Waals surface area contributed by atoms with Gasteiger partial charge in [0.1, 0.15) is 34.2 Å². The highest BCUT2D eigenvalue weighted by Crippen LogP contribution is 2.33. The Morgan fingerprint density at radius 3 is 2.36 bits per heavy atom. The van der Waals surface area contributed by atoms with Crippen molar-refractivity contribution in [1.82, 2.24) is 18.9 Å². The smallest absolute Gasteiger partial charge is 0.249 e. The van der Waals surface area contributed by atoms with E-state index in [2.05, 4.69) is 98.8 Å². The van der Waals surface area contributed by atoms with Crippen molar-refractivity contribution in [1.29, 1.82) is 0 Å². The molecule has 4 heterocycles. The van der Waals surface area contributed by atoms with Crippen molar-refractivity contribution in [2.24, 2.45) is 7.05 Å². The van der Waals surface area contributed by atoms with E-state index in [4.69, 9.17) is 14.7 Å². The fourth-order valence-corrected chi connectivity index (χ4v) is 4.56. The second-order valence-electron chi connectivity index (χ2n) is 10.6. The predicted molar refractivity (Wildman–Crippen MR) is 143 cm³/mol. The van der Waals surface area contributed by atoms with Crippen LogP contribution in [0.25, 0.3) is 22.7 Å². The fraction of sp³-hybridized carbons (Fsp3) is 0.300. The van der Waals surface area contributed by atoms with Crippen LogP contribution in [0, 0.1) is 27.7 Å². The van der Waals surface area contributed by atoms with E-state index in [1.54, 1.807) is 0 Å². The third-order valence-corrected chi connectivity index (χ3v) is 7.08. The van der Waals surface area contributed by atoms with Crippen LogP contribution in [-0.2, 0) is 12.5 Å². The summed E-state index contributed by atoms with van der Waals surface area (Å²) in [6.07, 6.45) is 3.98. The minimum atomic E-state index is 0.0246. The Balaban J connectivity index is 1.60. The average Bonchev–Trinajstić information content (AvgIpc) is 3.27. The van der Waals surface area contributed by atoms with Crippen LogP contribution < -0.4 is 9.30 Å². The van der Waals surface area contributed by atoms with Crippen molar-refractivity contribution in [3.8, 4) is 28.6 Å². The lowest BCUT2D eigenvalue weighted by Gasteiger charge is -2.20. The number of ether oxygens (including phenoxy) is 1. The Bertz CT molecular complexity index is 1600. The molecule has 0 aliphatic carbocycles. The van der Waals surface area contributed by atoms with Crippen molar-refractivity contribution in [2.75, 3.05) is 0 Å². The van der Waals surface area contributed by atoms with E-state index in [-0.39, 0.29) is 5.41 Å². The number of imidazole rings is 2. The van der Waals surface area contributed by atoms with Gasteiger partial charge in [-0.15, -0.1) is 0 Å². The van der Waals surface area contributed by atoms with Crippen LogP contribution >= 0.6 is 0 Å². The Hall–Kier alpha value is -3.93. The normalized spacial score (nSPS) is 11.9. The highest BCUT2D eigenvalue weighted by Gasteiger charge is 2.19. The van der Waals surface area contributed by atoms with Gasteiger partial charge in [-0.2, -0.15) is 4.57 Å².